The molecule has 1 aliphatic heterocycles. The molecule has 0 aliphatic carbocycles. The maximum absolute atomic E-state index is 11.7. The first-order valence-corrected chi connectivity index (χ1v) is 8.92. The first kappa shape index (κ1) is 18.1. The van der Waals surface area contributed by atoms with Crippen molar-refractivity contribution in [3.05, 3.63) is 68.3 Å². The van der Waals surface area contributed by atoms with Gasteiger partial charge in [0.25, 0.3) is 0 Å². The van der Waals surface area contributed by atoms with E-state index in [0.717, 1.165) is 0 Å². The van der Waals surface area contributed by atoms with E-state index in [1.54, 1.807) is 36.4 Å². The first-order chi connectivity index (χ1) is 12.9. The van der Waals surface area contributed by atoms with Crippen molar-refractivity contribution in [2.75, 3.05) is 6.61 Å². The number of ether oxygens (including phenoxy) is 1. The minimum Gasteiger partial charge on any atom is -0.476 e. The summed E-state index contributed by atoms with van der Waals surface area (Å²) < 4.78 is 12.4. The molecule has 1 aliphatic rings. The van der Waals surface area contributed by atoms with Gasteiger partial charge in [0.1, 0.15) is 5.76 Å². The molecular weight excluding hydrogens is 415 g/mol. The van der Waals surface area contributed by atoms with Crippen molar-refractivity contribution >= 4 is 52.4 Å². The zero-order valence-corrected chi connectivity index (χ0v) is 15.8. The quantitative estimate of drug-likeness (QED) is 0.624. The number of rotatable bonds is 3. The third kappa shape index (κ3) is 3.37. The molecule has 138 valence electrons. The van der Waals surface area contributed by atoms with E-state index in [2.05, 4.69) is 5.10 Å². The Morgan fingerprint density at radius 2 is 2.00 bits per heavy atom. The Balaban J connectivity index is 1.95. The average molecular weight is 426 g/mol. The zero-order valence-electron chi connectivity index (χ0n) is 13.6. The zero-order chi connectivity index (χ0) is 19.1. The number of carboxylic acids is 1. The van der Waals surface area contributed by atoms with E-state index in [0.29, 0.717) is 38.3 Å². The molecule has 0 saturated carbocycles. The Labute approximate surface area is 168 Å². The third-order valence-corrected chi connectivity index (χ3v) is 4.78. The number of nitrogens with zero attached hydrogens (tertiary/aromatic N) is 2. The Kier molecular flexibility index (Phi) is 4.74. The van der Waals surface area contributed by atoms with Crippen LogP contribution in [0.3, 0.4) is 0 Å². The minimum absolute atomic E-state index is 0.0981. The molecule has 27 heavy (non-hydrogen) atoms. The molecule has 9 heteroatoms. The Bertz CT molecular complexity index is 1080. The van der Waals surface area contributed by atoms with Crippen molar-refractivity contribution in [2.24, 2.45) is 0 Å². The van der Waals surface area contributed by atoms with Gasteiger partial charge in [0.2, 0.25) is 0 Å². The summed E-state index contributed by atoms with van der Waals surface area (Å²) in [4.78, 5) is 11.7. The molecule has 0 saturated heterocycles. The van der Waals surface area contributed by atoms with Gasteiger partial charge in [-0.3, -0.25) is 0 Å². The van der Waals surface area contributed by atoms with Gasteiger partial charge in [0, 0.05) is 16.2 Å². The number of furan rings is 1. The summed E-state index contributed by atoms with van der Waals surface area (Å²) in [5, 5.41) is 14.9. The Hall–Kier alpha value is -2.25. The summed E-state index contributed by atoms with van der Waals surface area (Å²) in [5.74, 6) is -0.640. The van der Waals surface area contributed by atoms with Crippen LogP contribution in [0.25, 0.3) is 17.3 Å². The normalized spacial score (nSPS) is 15.1. The highest BCUT2D eigenvalue weighted by atomic mass is 35.5. The molecule has 0 fully saturated rings. The Morgan fingerprint density at radius 3 is 2.67 bits per heavy atom. The highest BCUT2D eigenvalue weighted by Gasteiger charge is 2.29. The van der Waals surface area contributed by atoms with Crippen molar-refractivity contribution in [2.45, 2.75) is 6.61 Å². The molecule has 2 aromatic heterocycles. The van der Waals surface area contributed by atoms with Crippen LogP contribution in [0.5, 0.6) is 0 Å². The minimum atomic E-state index is -1.15. The molecule has 0 atom stereocenters. The maximum Gasteiger partial charge on any atom is 0.356 e. The fourth-order valence-corrected chi connectivity index (χ4v) is 3.58. The molecular formula is C18H11Cl3N2O4. The van der Waals surface area contributed by atoms with Crippen LogP contribution in [-0.4, -0.2) is 27.5 Å². The first-order valence-electron chi connectivity index (χ1n) is 7.78. The van der Waals surface area contributed by atoms with E-state index >= 15 is 0 Å². The molecule has 1 aromatic carbocycles. The van der Waals surface area contributed by atoms with Crippen LogP contribution in [0.1, 0.15) is 27.5 Å². The number of hydrogen-bond acceptors (Lipinski definition) is 4. The fraction of sp³-hybridized carbons (Fsp3) is 0.111. The van der Waals surface area contributed by atoms with Gasteiger partial charge in [-0.15, -0.1) is 0 Å². The number of aromatic carboxylic acids is 1. The molecule has 4 rings (SSSR count). The number of benzene rings is 1. The van der Waals surface area contributed by atoms with Crippen molar-refractivity contribution in [1.82, 2.24) is 9.78 Å². The molecule has 6 nitrogen and oxygen atoms in total. The van der Waals surface area contributed by atoms with Crippen molar-refractivity contribution in [1.29, 1.82) is 0 Å². The second kappa shape index (κ2) is 7.05. The SMILES string of the molecule is O=C(O)c1nn(-c2ccc(Cl)cc2Cl)c2c1COC/C2=C\c1ccc(Cl)o1. The molecule has 1 N–H and O–H groups in total. The molecule has 3 heterocycles. The summed E-state index contributed by atoms with van der Waals surface area (Å²) in [6, 6.07) is 8.24. The number of hydrogen-bond donors (Lipinski definition) is 1. The predicted molar refractivity (Wildman–Crippen MR) is 102 cm³/mol. The van der Waals surface area contributed by atoms with Crippen LogP contribution in [0, 0.1) is 0 Å². The topological polar surface area (TPSA) is 77.5 Å². The van der Waals surface area contributed by atoms with E-state index < -0.39 is 5.97 Å². The summed E-state index contributed by atoms with van der Waals surface area (Å²) in [5.41, 5.74) is 2.15. The second-order valence-corrected chi connectivity index (χ2v) is 7.01. The van der Waals surface area contributed by atoms with Gasteiger partial charge in [-0.05, 0) is 48.0 Å². The van der Waals surface area contributed by atoms with Crippen molar-refractivity contribution in [3.8, 4) is 5.69 Å². The second-order valence-electron chi connectivity index (χ2n) is 5.79. The van der Waals surface area contributed by atoms with Crippen LogP contribution in [-0.2, 0) is 11.3 Å². The molecule has 3 aromatic rings. The summed E-state index contributed by atoms with van der Waals surface area (Å²) >= 11 is 18.1. The van der Waals surface area contributed by atoms with Crippen LogP contribution in [0.2, 0.25) is 15.3 Å². The molecule has 0 bridgehead atoms. The lowest BCUT2D eigenvalue weighted by Gasteiger charge is -2.19. The Morgan fingerprint density at radius 1 is 1.19 bits per heavy atom. The van der Waals surface area contributed by atoms with E-state index in [-0.39, 0.29) is 24.1 Å². The van der Waals surface area contributed by atoms with Crippen LogP contribution < -0.4 is 0 Å². The number of fused-ring (bicyclic) bond motifs is 1. The number of halogens is 3. The van der Waals surface area contributed by atoms with Crippen LogP contribution >= 0.6 is 34.8 Å². The van der Waals surface area contributed by atoms with Gasteiger partial charge in [-0.25, -0.2) is 9.48 Å². The molecule has 0 unspecified atom stereocenters. The number of aromatic nitrogens is 2. The lowest BCUT2D eigenvalue weighted by Crippen LogP contribution is -2.13. The monoisotopic (exact) mass is 424 g/mol. The van der Waals surface area contributed by atoms with Crippen molar-refractivity contribution in [3.63, 3.8) is 0 Å². The third-order valence-electron chi connectivity index (χ3n) is 4.04. The van der Waals surface area contributed by atoms with E-state index in [9.17, 15) is 9.90 Å². The molecule has 0 amide bonds. The average Bonchev–Trinajstić information content (AvgIpc) is 3.19. The largest absolute Gasteiger partial charge is 0.476 e. The van der Waals surface area contributed by atoms with Gasteiger partial charge in [-0.2, -0.15) is 5.10 Å². The standard InChI is InChI=1S/C18H11Cl3N2O4/c19-10-1-3-14(13(20)6-10)23-17-9(5-11-2-4-15(21)27-11)7-26-8-12(17)16(22-23)18(24)25/h1-6H,7-8H2,(H,24,25)/b9-5+. The number of carboxylic acid groups (broad SMARTS) is 1. The van der Waals surface area contributed by atoms with E-state index in [1.165, 1.54) is 4.68 Å². The van der Waals surface area contributed by atoms with Gasteiger partial charge in [0.15, 0.2) is 10.9 Å². The summed E-state index contributed by atoms with van der Waals surface area (Å²) in [7, 11) is 0. The van der Waals surface area contributed by atoms with Crippen LogP contribution in [0.15, 0.2) is 34.7 Å². The van der Waals surface area contributed by atoms with Gasteiger partial charge in [0.05, 0.1) is 29.6 Å². The summed E-state index contributed by atoms with van der Waals surface area (Å²) in [6.07, 6.45) is 1.73. The highest BCUT2D eigenvalue weighted by molar-refractivity contribution is 6.35. The maximum atomic E-state index is 11.7. The highest BCUT2D eigenvalue weighted by Crippen LogP contribution is 2.35. The smallest absolute Gasteiger partial charge is 0.356 e. The van der Waals surface area contributed by atoms with Crippen LogP contribution in [0.4, 0.5) is 0 Å². The fourth-order valence-electron chi connectivity index (χ4n) is 2.94. The predicted octanol–water partition coefficient (Wildman–Crippen LogP) is 5.19. The lowest BCUT2D eigenvalue weighted by atomic mass is 10.0. The van der Waals surface area contributed by atoms with Gasteiger partial charge < -0.3 is 14.3 Å². The van der Waals surface area contributed by atoms with Crippen molar-refractivity contribution < 1.29 is 19.1 Å². The lowest BCUT2D eigenvalue weighted by molar-refractivity contribution is 0.0683. The van der Waals surface area contributed by atoms with E-state index in [1.807, 2.05) is 0 Å². The van der Waals surface area contributed by atoms with Gasteiger partial charge >= 0.3 is 5.97 Å². The molecule has 0 spiro atoms. The number of carbonyl (C=O) groups is 1. The van der Waals surface area contributed by atoms with Gasteiger partial charge in [-0.1, -0.05) is 23.2 Å². The molecule has 0 radical (unpaired) electrons. The summed E-state index contributed by atoms with van der Waals surface area (Å²) in [6.45, 7) is 0.375. The van der Waals surface area contributed by atoms with E-state index in [4.69, 9.17) is 44.0 Å².